The van der Waals surface area contributed by atoms with Crippen molar-refractivity contribution in [3.63, 3.8) is 0 Å². The number of benzene rings is 1. The smallest absolute Gasteiger partial charge is 0.348 e. The summed E-state index contributed by atoms with van der Waals surface area (Å²) >= 11 is 0. The number of rotatable bonds is 2. The standard InChI is InChI=1S/C13H13F4NO3S/c1-7-11(4-5-22(7,20)21)18-12(19)8-2-3-9(10(14)6-8)13(15,16)17/h2-3,6-7,11H,4-5H2,1H3,(H,18,19)/t7-,11-/m1/s1. The van der Waals surface area contributed by atoms with Gasteiger partial charge in [0.2, 0.25) is 0 Å². The van der Waals surface area contributed by atoms with Crippen LogP contribution in [0.25, 0.3) is 0 Å². The summed E-state index contributed by atoms with van der Waals surface area (Å²) in [4.78, 5) is 11.9. The molecule has 4 nitrogen and oxygen atoms in total. The molecule has 9 heteroatoms. The van der Waals surface area contributed by atoms with Gasteiger partial charge in [0, 0.05) is 11.6 Å². The number of hydrogen-bond acceptors (Lipinski definition) is 3. The van der Waals surface area contributed by atoms with E-state index in [2.05, 4.69) is 5.32 Å². The monoisotopic (exact) mass is 339 g/mol. The molecule has 1 saturated heterocycles. The van der Waals surface area contributed by atoms with Gasteiger partial charge in [-0.05, 0) is 31.5 Å². The van der Waals surface area contributed by atoms with Crippen molar-refractivity contribution < 1.29 is 30.8 Å². The Balaban J connectivity index is 2.16. The summed E-state index contributed by atoms with van der Waals surface area (Å²) < 4.78 is 73.9. The van der Waals surface area contributed by atoms with E-state index in [0.29, 0.717) is 12.1 Å². The van der Waals surface area contributed by atoms with E-state index < -0.39 is 44.6 Å². The van der Waals surface area contributed by atoms with E-state index in [4.69, 9.17) is 0 Å². The van der Waals surface area contributed by atoms with Crippen molar-refractivity contribution in [1.82, 2.24) is 5.32 Å². The molecular weight excluding hydrogens is 326 g/mol. The average molecular weight is 339 g/mol. The normalized spacial score (nSPS) is 24.2. The van der Waals surface area contributed by atoms with Gasteiger partial charge in [0.25, 0.3) is 5.91 Å². The van der Waals surface area contributed by atoms with E-state index >= 15 is 0 Å². The molecule has 0 radical (unpaired) electrons. The van der Waals surface area contributed by atoms with E-state index in [0.717, 1.165) is 6.07 Å². The van der Waals surface area contributed by atoms with Crippen LogP contribution in [0.2, 0.25) is 0 Å². The predicted molar refractivity (Wildman–Crippen MR) is 70.5 cm³/mol. The third-order valence-electron chi connectivity index (χ3n) is 3.70. The molecule has 1 fully saturated rings. The first-order valence-electron chi connectivity index (χ1n) is 6.41. The van der Waals surface area contributed by atoms with Crippen molar-refractivity contribution >= 4 is 15.7 Å². The molecule has 1 N–H and O–H groups in total. The molecular formula is C13H13F4NO3S. The Bertz CT molecular complexity index is 700. The van der Waals surface area contributed by atoms with Crippen molar-refractivity contribution in [2.24, 2.45) is 0 Å². The zero-order valence-electron chi connectivity index (χ0n) is 11.4. The largest absolute Gasteiger partial charge is 0.419 e. The number of nitrogens with one attached hydrogen (secondary N) is 1. The van der Waals surface area contributed by atoms with Gasteiger partial charge in [0.15, 0.2) is 9.84 Å². The maximum atomic E-state index is 13.4. The van der Waals surface area contributed by atoms with Crippen LogP contribution < -0.4 is 5.32 Å². The topological polar surface area (TPSA) is 63.2 Å². The third-order valence-corrected chi connectivity index (χ3v) is 5.97. The molecule has 0 saturated carbocycles. The highest BCUT2D eigenvalue weighted by atomic mass is 32.2. The minimum Gasteiger partial charge on any atom is -0.348 e. The molecule has 1 aromatic carbocycles. The van der Waals surface area contributed by atoms with Gasteiger partial charge in [-0.1, -0.05) is 0 Å². The first kappa shape index (κ1) is 16.7. The Hall–Kier alpha value is -1.64. The zero-order valence-corrected chi connectivity index (χ0v) is 12.3. The van der Waals surface area contributed by atoms with Crippen molar-refractivity contribution in [3.05, 3.63) is 35.1 Å². The average Bonchev–Trinajstić information content (AvgIpc) is 2.64. The molecule has 0 spiro atoms. The van der Waals surface area contributed by atoms with Crippen LogP contribution in [0.5, 0.6) is 0 Å². The quantitative estimate of drug-likeness (QED) is 0.840. The lowest BCUT2D eigenvalue weighted by Crippen LogP contribution is -2.40. The van der Waals surface area contributed by atoms with Crippen molar-refractivity contribution in [2.45, 2.75) is 30.8 Å². The van der Waals surface area contributed by atoms with Crippen LogP contribution in [0.1, 0.15) is 29.3 Å². The Morgan fingerprint density at radius 2 is 1.95 bits per heavy atom. The van der Waals surface area contributed by atoms with Crippen molar-refractivity contribution in [1.29, 1.82) is 0 Å². The van der Waals surface area contributed by atoms with Crippen LogP contribution in [0.15, 0.2) is 18.2 Å². The maximum absolute atomic E-state index is 13.4. The number of carbonyl (C=O) groups excluding carboxylic acids is 1. The number of halogens is 4. The summed E-state index contributed by atoms with van der Waals surface area (Å²) in [5, 5.41) is 1.64. The summed E-state index contributed by atoms with van der Waals surface area (Å²) in [6.07, 6.45) is -4.62. The second-order valence-corrected chi connectivity index (χ2v) is 7.61. The highest BCUT2D eigenvalue weighted by molar-refractivity contribution is 7.92. The predicted octanol–water partition coefficient (Wildman–Crippen LogP) is 2.15. The molecule has 122 valence electrons. The number of hydrogen-bond donors (Lipinski definition) is 1. The van der Waals surface area contributed by atoms with Crippen LogP contribution in [-0.2, 0) is 16.0 Å². The number of alkyl halides is 3. The van der Waals surface area contributed by atoms with E-state index in [9.17, 15) is 30.8 Å². The summed E-state index contributed by atoms with van der Waals surface area (Å²) in [7, 11) is -3.27. The first-order chi connectivity index (χ1) is 10.0. The first-order valence-corrected chi connectivity index (χ1v) is 8.13. The molecule has 0 aromatic heterocycles. The second-order valence-electron chi connectivity index (χ2n) is 5.13. The van der Waals surface area contributed by atoms with Gasteiger partial charge in [-0.15, -0.1) is 0 Å². The molecule has 0 unspecified atom stereocenters. The molecule has 2 rings (SSSR count). The molecule has 1 aliphatic heterocycles. The van der Waals surface area contributed by atoms with Crippen LogP contribution in [0.4, 0.5) is 17.6 Å². The fourth-order valence-electron chi connectivity index (χ4n) is 2.29. The number of sulfone groups is 1. The lowest BCUT2D eigenvalue weighted by molar-refractivity contribution is -0.140. The van der Waals surface area contributed by atoms with Gasteiger partial charge in [-0.25, -0.2) is 12.8 Å². The SMILES string of the molecule is C[C@@H]1[C@H](NC(=O)c2ccc(C(F)(F)F)c(F)c2)CCS1(=O)=O. The highest BCUT2D eigenvalue weighted by Crippen LogP contribution is 2.31. The summed E-state index contributed by atoms with van der Waals surface area (Å²) in [6.45, 7) is 1.45. The fraction of sp³-hybridized carbons (Fsp3) is 0.462. The second kappa shape index (κ2) is 5.53. The van der Waals surface area contributed by atoms with E-state index in [1.54, 1.807) is 0 Å². The lowest BCUT2D eigenvalue weighted by Gasteiger charge is -2.16. The summed E-state index contributed by atoms with van der Waals surface area (Å²) in [5.74, 6) is -2.42. The van der Waals surface area contributed by atoms with Crippen molar-refractivity contribution in [2.75, 3.05) is 5.75 Å². The summed E-state index contributed by atoms with van der Waals surface area (Å²) in [5.41, 5.74) is -1.75. The zero-order chi connectivity index (χ0) is 16.7. The van der Waals surface area contributed by atoms with E-state index in [1.165, 1.54) is 6.92 Å². The number of amides is 1. The van der Waals surface area contributed by atoms with Gasteiger partial charge >= 0.3 is 6.18 Å². The number of carbonyl (C=O) groups is 1. The van der Waals surface area contributed by atoms with E-state index in [-0.39, 0.29) is 17.7 Å². The van der Waals surface area contributed by atoms with Crippen LogP contribution in [0, 0.1) is 5.82 Å². The molecule has 0 bridgehead atoms. The molecule has 1 heterocycles. The van der Waals surface area contributed by atoms with Gasteiger partial charge in [0.05, 0.1) is 16.6 Å². The fourth-order valence-corrected chi connectivity index (χ4v) is 3.95. The minimum atomic E-state index is -4.84. The molecule has 22 heavy (non-hydrogen) atoms. The van der Waals surface area contributed by atoms with E-state index in [1.807, 2.05) is 0 Å². The molecule has 1 aromatic rings. The van der Waals surface area contributed by atoms with Crippen LogP contribution in [-0.4, -0.2) is 31.4 Å². The molecule has 0 aliphatic carbocycles. The Morgan fingerprint density at radius 3 is 2.41 bits per heavy atom. The van der Waals surface area contributed by atoms with Gasteiger partial charge in [0.1, 0.15) is 5.82 Å². The third kappa shape index (κ3) is 3.23. The lowest BCUT2D eigenvalue weighted by atomic mass is 10.1. The molecule has 2 atom stereocenters. The summed E-state index contributed by atoms with van der Waals surface area (Å²) in [6, 6.07) is 1.20. The Morgan fingerprint density at radius 1 is 1.32 bits per heavy atom. The van der Waals surface area contributed by atoms with Gasteiger partial charge in [-0.2, -0.15) is 13.2 Å². The molecule has 1 amide bonds. The van der Waals surface area contributed by atoms with Gasteiger partial charge in [-0.3, -0.25) is 4.79 Å². The Kier molecular flexibility index (Phi) is 4.20. The van der Waals surface area contributed by atoms with Gasteiger partial charge < -0.3 is 5.32 Å². The molecule has 1 aliphatic rings. The van der Waals surface area contributed by atoms with Crippen LogP contribution >= 0.6 is 0 Å². The Labute approximate surface area is 124 Å². The maximum Gasteiger partial charge on any atom is 0.419 e. The minimum absolute atomic E-state index is 0.0690. The van der Waals surface area contributed by atoms with Crippen LogP contribution in [0.3, 0.4) is 0 Å². The highest BCUT2D eigenvalue weighted by Gasteiger charge is 2.38. The van der Waals surface area contributed by atoms with Crippen molar-refractivity contribution in [3.8, 4) is 0 Å².